The number of halogens is 2. The molecule has 3 unspecified atom stereocenters. The third kappa shape index (κ3) is 3.10. The normalized spacial score (nSPS) is 23.6. The van der Waals surface area contributed by atoms with E-state index in [1.165, 1.54) is 6.07 Å². The predicted molar refractivity (Wildman–Crippen MR) is 128 cm³/mol. The second-order valence-corrected chi connectivity index (χ2v) is 9.96. The van der Waals surface area contributed by atoms with E-state index in [1.54, 1.807) is 34.8 Å². The summed E-state index contributed by atoms with van der Waals surface area (Å²) in [6, 6.07) is 9.92. The number of hydrogen-bond acceptors (Lipinski definition) is 7. The highest BCUT2D eigenvalue weighted by atomic mass is 19.3. The number of amides is 1. The minimum absolute atomic E-state index is 0.0105. The average Bonchev–Trinajstić information content (AvgIpc) is 3.50. The van der Waals surface area contributed by atoms with Crippen LogP contribution in [0.15, 0.2) is 42.6 Å². The number of fused-ring (bicyclic) bond motifs is 10. The molecule has 2 aliphatic heterocycles. The molecule has 5 heterocycles. The number of ether oxygens (including phenoxy) is 2. The number of benzene rings is 1. The zero-order chi connectivity index (χ0) is 25.6. The van der Waals surface area contributed by atoms with Crippen molar-refractivity contribution >= 4 is 11.6 Å². The fourth-order valence-electron chi connectivity index (χ4n) is 5.78. The van der Waals surface area contributed by atoms with E-state index in [0.717, 1.165) is 11.3 Å². The minimum atomic E-state index is -3.02. The average molecular weight is 504 g/mol. The number of imidazole rings is 1. The lowest BCUT2D eigenvalue weighted by molar-refractivity contribution is -0.0506. The van der Waals surface area contributed by atoms with E-state index in [1.807, 2.05) is 25.1 Å². The first-order chi connectivity index (χ1) is 17.7. The Balaban J connectivity index is 1.41. The summed E-state index contributed by atoms with van der Waals surface area (Å²) in [5.74, 6) is -0.0511. The molecule has 11 heteroatoms. The van der Waals surface area contributed by atoms with Gasteiger partial charge in [0.15, 0.2) is 5.65 Å². The first kappa shape index (κ1) is 22.1. The monoisotopic (exact) mass is 504 g/mol. The number of nitrogens with zero attached hydrogens (tertiary/aromatic N) is 5. The Morgan fingerprint density at radius 1 is 1.27 bits per heavy atom. The maximum atomic E-state index is 13.3. The topological polar surface area (TPSA) is 108 Å². The van der Waals surface area contributed by atoms with E-state index in [-0.39, 0.29) is 17.7 Å². The fourth-order valence-corrected chi connectivity index (χ4v) is 5.78. The summed E-state index contributed by atoms with van der Waals surface area (Å²) in [4.78, 5) is 24.2. The van der Waals surface area contributed by atoms with E-state index in [0.29, 0.717) is 52.6 Å². The first-order valence-corrected chi connectivity index (χ1v) is 11.9. The molecule has 4 aromatic rings. The zero-order valence-corrected chi connectivity index (χ0v) is 20.0. The van der Waals surface area contributed by atoms with Gasteiger partial charge in [-0.1, -0.05) is 6.07 Å². The standard InChI is InChI=1S/C26H22F2N6O3/c1-26(29)11-36-18-8-12(10-30-23(18)26)15-6-7-19-31-21-16-9-14(22(21)34(19)32-15)20-13(24(35)33(16)2)4-3-5-17(20)37-25(27)28/h3-8,10,14,16,25H,9,11,29H2,1-2H3. The number of aromatic nitrogens is 4. The molecule has 0 saturated carbocycles. The molecule has 1 amide bonds. The summed E-state index contributed by atoms with van der Waals surface area (Å²) in [6.45, 7) is -0.800. The van der Waals surface area contributed by atoms with E-state index in [4.69, 9.17) is 25.3 Å². The maximum absolute atomic E-state index is 13.3. The Morgan fingerprint density at radius 2 is 2.11 bits per heavy atom. The molecule has 0 saturated heterocycles. The largest absolute Gasteiger partial charge is 0.489 e. The number of hydrogen-bond donors (Lipinski definition) is 1. The molecule has 0 spiro atoms. The van der Waals surface area contributed by atoms with Gasteiger partial charge < -0.3 is 20.1 Å². The van der Waals surface area contributed by atoms with E-state index >= 15 is 0 Å². The summed E-state index contributed by atoms with van der Waals surface area (Å²) in [5, 5.41) is 4.87. The van der Waals surface area contributed by atoms with Crippen LogP contribution in [0.5, 0.6) is 11.5 Å². The van der Waals surface area contributed by atoms with Crippen LogP contribution < -0.4 is 15.2 Å². The molecule has 1 aliphatic carbocycles. The third-order valence-corrected chi connectivity index (χ3v) is 7.51. The summed E-state index contributed by atoms with van der Waals surface area (Å²) in [5.41, 5.74) is 10.5. The molecule has 3 aromatic heterocycles. The molecule has 3 aliphatic rings. The number of nitrogens with two attached hydrogens (primary N) is 1. The van der Waals surface area contributed by atoms with Crippen LogP contribution >= 0.6 is 0 Å². The highest BCUT2D eigenvalue weighted by Crippen LogP contribution is 2.52. The van der Waals surface area contributed by atoms with Gasteiger partial charge in [0.2, 0.25) is 0 Å². The molecule has 37 heavy (non-hydrogen) atoms. The van der Waals surface area contributed by atoms with Crippen molar-refractivity contribution in [3.8, 4) is 22.8 Å². The van der Waals surface area contributed by atoms with Gasteiger partial charge in [-0.15, -0.1) is 0 Å². The molecule has 188 valence electrons. The Hall–Kier alpha value is -4.12. The molecule has 9 nitrogen and oxygen atoms in total. The minimum Gasteiger partial charge on any atom is -0.489 e. The molecule has 0 radical (unpaired) electrons. The molecule has 2 N–H and O–H groups in total. The van der Waals surface area contributed by atoms with E-state index in [2.05, 4.69) is 4.98 Å². The molecular formula is C26H22F2N6O3. The van der Waals surface area contributed by atoms with Crippen LogP contribution in [0.25, 0.3) is 16.9 Å². The van der Waals surface area contributed by atoms with E-state index < -0.39 is 18.1 Å². The predicted octanol–water partition coefficient (Wildman–Crippen LogP) is 3.62. The Kier molecular flexibility index (Phi) is 4.45. The zero-order valence-electron chi connectivity index (χ0n) is 20.0. The van der Waals surface area contributed by atoms with Gasteiger partial charge in [-0.3, -0.25) is 9.78 Å². The van der Waals surface area contributed by atoms with Gasteiger partial charge >= 0.3 is 6.61 Å². The van der Waals surface area contributed by atoms with Gasteiger partial charge in [0, 0.05) is 35.9 Å². The Labute approximate surface area is 209 Å². The number of alkyl halides is 2. The number of carbonyl (C=O) groups excluding carboxylic acids is 1. The van der Waals surface area contributed by atoms with Crippen molar-refractivity contribution in [3.63, 3.8) is 0 Å². The van der Waals surface area contributed by atoms with Crippen molar-refractivity contribution in [2.45, 2.75) is 37.5 Å². The van der Waals surface area contributed by atoms with Crippen LogP contribution in [-0.2, 0) is 5.54 Å². The summed E-state index contributed by atoms with van der Waals surface area (Å²) in [7, 11) is 1.71. The van der Waals surface area contributed by atoms with Crippen molar-refractivity contribution in [3.05, 3.63) is 70.8 Å². The van der Waals surface area contributed by atoms with Crippen molar-refractivity contribution in [1.29, 1.82) is 0 Å². The number of rotatable bonds is 3. The highest BCUT2D eigenvalue weighted by Gasteiger charge is 2.46. The second kappa shape index (κ2) is 7.45. The quantitative estimate of drug-likeness (QED) is 0.454. The summed E-state index contributed by atoms with van der Waals surface area (Å²) < 4.78 is 39.0. The fraction of sp³-hybridized carbons (Fsp3) is 0.308. The van der Waals surface area contributed by atoms with Crippen LogP contribution in [0.2, 0.25) is 0 Å². The van der Waals surface area contributed by atoms with Gasteiger partial charge in [-0.05, 0) is 43.7 Å². The van der Waals surface area contributed by atoms with Gasteiger partial charge in [-0.25, -0.2) is 9.50 Å². The van der Waals surface area contributed by atoms with Gasteiger partial charge in [0.05, 0.1) is 28.7 Å². The number of carbonyl (C=O) groups is 1. The third-order valence-electron chi connectivity index (χ3n) is 7.51. The molecule has 7 rings (SSSR count). The van der Waals surface area contributed by atoms with Gasteiger partial charge in [-0.2, -0.15) is 13.9 Å². The molecular weight excluding hydrogens is 482 g/mol. The van der Waals surface area contributed by atoms with Crippen LogP contribution in [-0.4, -0.2) is 50.7 Å². The first-order valence-electron chi connectivity index (χ1n) is 11.9. The SMILES string of the molecule is CN1C(=O)c2cccc(OC(F)F)c2C2CC1c1nc3ccc(-c4cnc5c(c4)OCC5(C)N)nn3c12. The molecule has 3 atom stereocenters. The Morgan fingerprint density at radius 3 is 2.92 bits per heavy atom. The smallest absolute Gasteiger partial charge is 0.387 e. The van der Waals surface area contributed by atoms with E-state index in [9.17, 15) is 13.6 Å². The second-order valence-electron chi connectivity index (χ2n) is 9.96. The molecule has 2 bridgehead atoms. The summed E-state index contributed by atoms with van der Waals surface area (Å²) in [6.07, 6.45) is 2.21. The molecule has 0 fully saturated rings. The lowest BCUT2D eigenvalue weighted by Gasteiger charge is -2.23. The van der Waals surface area contributed by atoms with Crippen molar-refractivity contribution in [2.75, 3.05) is 13.7 Å². The number of pyridine rings is 1. The van der Waals surface area contributed by atoms with Crippen LogP contribution in [0, 0.1) is 0 Å². The van der Waals surface area contributed by atoms with Crippen LogP contribution in [0.4, 0.5) is 8.78 Å². The van der Waals surface area contributed by atoms with Gasteiger partial charge in [0.1, 0.15) is 23.8 Å². The Bertz CT molecular complexity index is 1620. The van der Waals surface area contributed by atoms with Gasteiger partial charge in [0.25, 0.3) is 5.91 Å². The van der Waals surface area contributed by atoms with Crippen molar-refractivity contribution in [1.82, 2.24) is 24.5 Å². The summed E-state index contributed by atoms with van der Waals surface area (Å²) >= 11 is 0. The van der Waals surface area contributed by atoms with Crippen LogP contribution in [0.3, 0.4) is 0 Å². The van der Waals surface area contributed by atoms with Crippen molar-refractivity contribution < 1.29 is 23.0 Å². The lowest BCUT2D eigenvalue weighted by Crippen LogP contribution is -2.35. The maximum Gasteiger partial charge on any atom is 0.387 e. The van der Waals surface area contributed by atoms with Crippen LogP contribution in [0.1, 0.15) is 58.3 Å². The van der Waals surface area contributed by atoms with Crippen molar-refractivity contribution in [2.24, 2.45) is 5.73 Å². The highest BCUT2D eigenvalue weighted by molar-refractivity contribution is 5.98. The molecule has 1 aromatic carbocycles. The lowest BCUT2D eigenvalue weighted by atomic mass is 9.91.